The van der Waals surface area contributed by atoms with E-state index in [9.17, 15) is 0 Å². The van der Waals surface area contributed by atoms with Crippen molar-refractivity contribution >= 4 is 11.7 Å². The molecule has 2 aromatic rings. The zero-order valence-corrected chi connectivity index (χ0v) is 11.6. The minimum Gasteiger partial charge on any atom is -0.268 e. The largest absolute Gasteiger partial charge is 0.268 e. The van der Waals surface area contributed by atoms with E-state index in [4.69, 9.17) is 0 Å². The van der Waals surface area contributed by atoms with Gasteiger partial charge < -0.3 is 0 Å². The first-order valence-electron chi connectivity index (χ1n) is 6.51. The monoisotopic (exact) mass is 264 g/mol. The zero-order valence-electron chi connectivity index (χ0n) is 11.6. The SMILES string of the molecule is CN1C(c2ccccc2)=NN=C(c2ccccc2)N1C. The molecule has 1 heterocycles. The lowest BCUT2D eigenvalue weighted by atomic mass is 10.2. The van der Waals surface area contributed by atoms with Crippen molar-refractivity contribution in [3.8, 4) is 0 Å². The van der Waals surface area contributed by atoms with Gasteiger partial charge in [-0.25, -0.2) is 0 Å². The Morgan fingerprint density at radius 3 is 1.30 bits per heavy atom. The second-order valence-corrected chi connectivity index (χ2v) is 4.63. The Balaban J connectivity index is 2.01. The van der Waals surface area contributed by atoms with Crippen LogP contribution < -0.4 is 0 Å². The van der Waals surface area contributed by atoms with E-state index >= 15 is 0 Å². The van der Waals surface area contributed by atoms with E-state index in [1.807, 2.05) is 84.8 Å². The summed E-state index contributed by atoms with van der Waals surface area (Å²) in [4.78, 5) is 0. The highest BCUT2D eigenvalue weighted by Gasteiger charge is 2.22. The van der Waals surface area contributed by atoms with Gasteiger partial charge in [0.15, 0.2) is 11.7 Å². The van der Waals surface area contributed by atoms with Crippen LogP contribution in [0.3, 0.4) is 0 Å². The summed E-state index contributed by atoms with van der Waals surface area (Å²) in [6.45, 7) is 0. The van der Waals surface area contributed by atoms with Crippen LogP contribution in [0.25, 0.3) is 0 Å². The first kappa shape index (κ1) is 12.4. The standard InChI is InChI=1S/C16H16N4/c1-19-15(13-9-5-3-6-10-13)17-18-16(20(19)2)14-11-7-4-8-12-14/h3-12H,1-2H3. The Morgan fingerprint density at radius 2 is 0.950 bits per heavy atom. The highest BCUT2D eigenvalue weighted by molar-refractivity contribution is 6.05. The number of amidine groups is 2. The third-order valence-electron chi connectivity index (χ3n) is 3.37. The van der Waals surface area contributed by atoms with Crippen LogP contribution >= 0.6 is 0 Å². The lowest BCUT2D eigenvalue weighted by molar-refractivity contribution is 0.201. The van der Waals surface area contributed by atoms with Crippen molar-refractivity contribution in [3.05, 3.63) is 71.8 Å². The van der Waals surface area contributed by atoms with Crippen molar-refractivity contribution in [2.24, 2.45) is 10.2 Å². The van der Waals surface area contributed by atoms with Crippen LogP contribution in [0.1, 0.15) is 11.1 Å². The summed E-state index contributed by atoms with van der Waals surface area (Å²) in [5.74, 6) is 1.68. The smallest absolute Gasteiger partial charge is 0.176 e. The Morgan fingerprint density at radius 1 is 0.600 bits per heavy atom. The van der Waals surface area contributed by atoms with Gasteiger partial charge in [0.05, 0.1) is 0 Å². The summed E-state index contributed by atoms with van der Waals surface area (Å²) in [5, 5.41) is 12.8. The predicted octanol–water partition coefficient (Wildman–Crippen LogP) is 2.59. The Kier molecular flexibility index (Phi) is 3.21. The summed E-state index contributed by atoms with van der Waals surface area (Å²) in [6, 6.07) is 20.1. The molecule has 1 aliphatic rings. The lowest BCUT2D eigenvalue weighted by Crippen LogP contribution is -2.47. The van der Waals surface area contributed by atoms with Crippen LogP contribution in [-0.2, 0) is 0 Å². The first-order chi connectivity index (χ1) is 9.77. The molecule has 0 aliphatic carbocycles. The van der Waals surface area contributed by atoms with Gasteiger partial charge in [-0.3, -0.25) is 10.0 Å². The third-order valence-corrected chi connectivity index (χ3v) is 3.37. The van der Waals surface area contributed by atoms with E-state index in [0.29, 0.717) is 0 Å². The number of hydrogen-bond donors (Lipinski definition) is 0. The van der Waals surface area contributed by atoms with Crippen molar-refractivity contribution < 1.29 is 0 Å². The van der Waals surface area contributed by atoms with Gasteiger partial charge in [0.2, 0.25) is 0 Å². The van der Waals surface area contributed by atoms with Gasteiger partial charge in [-0.2, -0.15) is 0 Å². The average Bonchev–Trinajstić information content (AvgIpc) is 2.52. The molecular formula is C16H16N4. The summed E-state index contributed by atoms with van der Waals surface area (Å²) in [7, 11) is 3.98. The van der Waals surface area contributed by atoms with Crippen molar-refractivity contribution in [2.45, 2.75) is 0 Å². The molecule has 0 aromatic heterocycles. The quantitative estimate of drug-likeness (QED) is 0.835. The fourth-order valence-corrected chi connectivity index (χ4v) is 2.17. The molecule has 4 heteroatoms. The van der Waals surface area contributed by atoms with E-state index in [-0.39, 0.29) is 0 Å². The molecular weight excluding hydrogens is 248 g/mol. The van der Waals surface area contributed by atoms with Gasteiger partial charge >= 0.3 is 0 Å². The number of benzene rings is 2. The summed E-state index contributed by atoms with van der Waals surface area (Å²) < 4.78 is 0. The topological polar surface area (TPSA) is 31.2 Å². The molecule has 0 bridgehead atoms. The van der Waals surface area contributed by atoms with Gasteiger partial charge in [0, 0.05) is 25.2 Å². The van der Waals surface area contributed by atoms with Crippen LogP contribution in [0.5, 0.6) is 0 Å². The zero-order chi connectivity index (χ0) is 13.9. The number of nitrogens with zero attached hydrogens (tertiary/aromatic N) is 4. The van der Waals surface area contributed by atoms with Crippen molar-refractivity contribution in [2.75, 3.05) is 14.1 Å². The highest BCUT2D eigenvalue weighted by atomic mass is 15.7. The van der Waals surface area contributed by atoms with E-state index in [1.54, 1.807) is 0 Å². The molecule has 0 atom stereocenters. The molecule has 0 saturated heterocycles. The van der Waals surface area contributed by atoms with Crippen LogP contribution in [-0.4, -0.2) is 35.8 Å². The molecule has 4 nitrogen and oxygen atoms in total. The van der Waals surface area contributed by atoms with Gasteiger partial charge in [0.25, 0.3) is 0 Å². The fourth-order valence-electron chi connectivity index (χ4n) is 2.17. The second-order valence-electron chi connectivity index (χ2n) is 4.63. The highest BCUT2D eigenvalue weighted by Crippen LogP contribution is 2.15. The van der Waals surface area contributed by atoms with E-state index in [2.05, 4.69) is 10.2 Å². The maximum atomic E-state index is 4.38. The van der Waals surface area contributed by atoms with E-state index in [0.717, 1.165) is 22.8 Å². The maximum Gasteiger partial charge on any atom is 0.176 e. The summed E-state index contributed by atoms with van der Waals surface area (Å²) >= 11 is 0. The lowest BCUT2D eigenvalue weighted by Gasteiger charge is -2.35. The predicted molar refractivity (Wildman–Crippen MR) is 81.5 cm³/mol. The Hall–Kier alpha value is -2.62. The molecule has 0 fully saturated rings. The summed E-state index contributed by atoms with van der Waals surface area (Å²) in [5.41, 5.74) is 2.11. The van der Waals surface area contributed by atoms with Crippen LogP contribution in [0.4, 0.5) is 0 Å². The van der Waals surface area contributed by atoms with E-state index in [1.165, 1.54) is 0 Å². The van der Waals surface area contributed by atoms with Crippen LogP contribution in [0.15, 0.2) is 70.9 Å². The number of hydrogen-bond acceptors (Lipinski definition) is 4. The first-order valence-corrected chi connectivity index (χ1v) is 6.51. The number of rotatable bonds is 2. The molecule has 0 radical (unpaired) electrons. The fraction of sp³-hybridized carbons (Fsp3) is 0.125. The molecule has 100 valence electrons. The van der Waals surface area contributed by atoms with Gasteiger partial charge in [-0.1, -0.05) is 60.7 Å². The molecule has 2 aromatic carbocycles. The maximum absolute atomic E-state index is 4.38. The third kappa shape index (κ3) is 2.16. The van der Waals surface area contributed by atoms with Crippen molar-refractivity contribution in [1.29, 1.82) is 0 Å². The Labute approximate surface area is 118 Å². The van der Waals surface area contributed by atoms with Crippen molar-refractivity contribution in [1.82, 2.24) is 10.0 Å². The minimum atomic E-state index is 0.841. The van der Waals surface area contributed by atoms with Crippen LogP contribution in [0, 0.1) is 0 Å². The minimum absolute atomic E-state index is 0.841. The van der Waals surface area contributed by atoms with Gasteiger partial charge in [-0.05, 0) is 0 Å². The Bertz CT molecular complexity index is 587. The molecule has 0 spiro atoms. The molecule has 0 N–H and O–H groups in total. The second kappa shape index (κ2) is 5.17. The van der Waals surface area contributed by atoms with Crippen LogP contribution in [0.2, 0.25) is 0 Å². The van der Waals surface area contributed by atoms with E-state index < -0.39 is 0 Å². The van der Waals surface area contributed by atoms with Crippen molar-refractivity contribution in [3.63, 3.8) is 0 Å². The molecule has 0 unspecified atom stereocenters. The van der Waals surface area contributed by atoms with Gasteiger partial charge in [-0.15, -0.1) is 10.2 Å². The molecule has 0 amide bonds. The molecule has 1 aliphatic heterocycles. The number of hydrazine groups is 1. The average molecular weight is 264 g/mol. The summed E-state index contributed by atoms with van der Waals surface area (Å²) in [6.07, 6.45) is 0. The molecule has 3 rings (SSSR count). The molecule has 20 heavy (non-hydrogen) atoms. The van der Waals surface area contributed by atoms with Gasteiger partial charge in [0.1, 0.15) is 0 Å². The normalized spacial score (nSPS) is 14.9. The molecule has 0 saturated carbocycles.